The molecule has 3 rings (SSSR count). The van der Waals surface area contributed by atoms with E-state index in [1.54, 1.807) is 0 Å². The minimum absolute atomic E-state index is 0.0766. The van der Waals surface area contributed by atoms with E-state index in [4.69, 9.17) is 4.74 Å². The van der Waals surface area contributed by atoms with E-state index in [0.717, 1.165) is 16.8 Å². The second kappa shape index (κ2) is 5.99. The number of pyridine rings is 1. The van der Waals surface area contributed by atoms with E-state index in [1.807, 2.05) is 0 Å². The van der Waals surface area contributed by atoms with Crippen LogP contribution in [0.2, 0.25) is 0 Å². The predicted molar refractivity (Wildman–Crippen MR) is 80.5 cm³/mol. The smallest absolute Gasteiger partial charge is 0.375 e. The number of hydrogen-bond donors (Lipinski definition) is 0. The lowest BCUT2D eigenvalue weighted by molar-refractivity contribution is -0.133. The zero-order chi connectivity index (χ0) is 17.5. The number of fused-ring (bicyclic) bond motifs is 1. The molecule has 0 bridgehead atoms. The van der Waals surface area contributed by atoms with Crippen molar-refractivity contribution in [3.8, 4) is 11.1 Å². The molecule has 0 atom stereocenters. The Kier molecular flexibility index (Phi) is 4.14. The van der Waals surface area contributed by atoms with Crippen molar-refractivity contribution in [1.29, 1.82) is 0 Å². The number of nitrogens with zero attached hydrogens (tertiary/aromatic N) is 2. The molecule has 4 nitrogen and oxygen atoms in total. The van der Waals surface area contributed by atoms with Gasteiger partial charge in [0, 0.05) is 29.8 Å². The number of alkyl halides is 3. The van der Waals surface area contributed by atoms with Crippen LogP contribution >= 0.6 is 11.3 Å². The van der Waals surface area contributed by atoms with Gasteiger partial charge in [0.15, 0.2) is 0 Å². The lowest BCUT2D eigenvalue weighted by atomic mass is 10.1. The minimum Gasteiger partial charge on any atom is -0.375 e. The minimum atomic E-state index is -4.55. The van der Waals surface area contributed by atoms with Crippen LogP contribution in [0.25, 0.3) is 22.2 Å². The van der Waals surface area contributed by atoms with Crippen molar-refractivity contribution in [3.63, 3.8) is 0 Å². The van der Waals surface area contributed by atoms with E-state index in [-0.39, 0.29) is 28.8 Å². The molecule has 0 aromatic carbocycles. The van der Waals surface area contributed by atoms with Crippen LogP contribution in [0.3, 0.4) is 0 Å². The number of hydrogen-bond acceptors (Lipinski definition) is 4. The normalized spacial score (nSPS) is 12.0. The summed E-state index contributed by atoms with van der Waals surface area (Å²) in [5.41, 5.74) is 0.0525. The van der Waals surface area contributed by atoms with Gasteiger partial charge in [-0.1, -0.05) is 0 Å². The third-order valence-electron chi connectivity index (χ3n) is 3.36. The monoisotopic (exact) mass is 358 g/mol. The molecule has 0 spiro atoms. The largest absolute Gasteiger partial charge is 0.426 e. The fourth-order valence-electron chi connectivity index (χ4n) is 2.42. The summed E-state index contributed by atoms with van der Waals surface area (Å²) in [6.45, 7) is -0.280. The molecule has 0 radical (unpaired) electrons. The lowest BCUT2D eigenvalue weighted by Crippen LogP contribution is -2.15. The van der Waals surface area contributed by atoms with Gasteiger partial charge in [-0.05, 0) is 17.5 Å². The average Bonchev–Trinajstić information content (AvgIpc) is 3.10. The Morgan fingerprint density at radius 2 is 2.12 bits per heavy atom. The van der Waals surface area contributed by atoms with E-state index in [9.17, 15) is 22.4 Å². The second-order valence-electron chi connectivity index (χ2n) is 4.93. The Bertz CT molecular complexity index is 914. The molecule has 0 aliphatic rings. The van der Waals surface area contributed by atoms with Crippen LogP contribution in [0.5, 0.6) is 0 Å². The van der Waals surface area contributed by atoms with E-state index in [2.05, 4.69) is 4.98 Å². The number of ether oxygens (including phenoxy) is 1. The maximum atomic E-state index is 13.6. The lowest BCUT2D eigenvalue weighted by Gasteiger charge is -2.06. The van der Waals surface area contributed by atoms with E-state index >= 15 is 0 Å². The molecule has 126 valence electrons. The zero-order valence-electron chi connectivity index (χ0n) is 12.2. The molecule has 0 saturated carbocycles. The highest BCUT2D eigenvalue weighted by molar-refractivity contribution is 7.10. The molecule has 9 heteroatoms. The summed E-state index contributed by atoms with van der Waals surface area (Å²) in [6.07, 6.45) is -2.41. The fraction of sp³-hybridized carbons (Fsp3) is 0.200. The first-order valence-corrected chi connectivity index (χ1v) is 7.54. The van der Waals surface area contributed by atoms with E-state index in [0.29, 0.717) is 11.3 Å². The Hall–Kier alpha value is -2.26. The summed E-state index contributed by atoms with van der Waals surface area (Å²) in [4.78, 5) is 15.1. The summed E-state index contributed by atoms with van der Waals surface area (Å²) >= 11 is 0.534. The van der Waals surface area contributed by atoms with Crippen LogP contribution in [-0.2, 0) is 10.9 Å². The van der Waals surface area contributed by atoms with Gasteiger partial charge in [0.1, 0.15) is 22.9 Å². The van der Waals surface area contributed by atoms with E-state index < -0.39 is 22.8 Å². The topological polar surface area (TPSA) is 44.1 Å². The van der Waals surface area contributed by atoms with Crippen LogP contribution < -0.4 is 0 Å². The Labute approximate surface area is 137 Å². The maximum Gasteiger partial charge on any atom is 0.426 e. The van der Waals surface area contributed by atoms with Crippen LogP contribution in [0.1, 0.15) is 9.67 Å². The maximum absolute atomic E-state index is 13.6. The standard InChI is InChI=1S/C15H10F4N2O2S/c1-23-7-12(22)21-6-11(10-4-8(16)5-20-14(10)21)9-2-3-24-13(9)15(17,18)19/h2-6H,7H2,1H3. The number of thiophene rings is 1. The zero-order valence-corrected chi connectivity index (χ0v) is 13.0. The van der Waals surface area contributed by atoms with Crippen LogP contribution in [-0.4, -0.2) is 29.2 Å². The summed E-state index contributed by atoms with van der Waals surface area (Å²) in [6, 6.07) is 2.35. The van der Waals surface area contributed by atoms with Crippen LogP contribution in [0.4, 0.5) is 17.6 Å². The first kappa shape index (κ1) is 16.6. The molecule has 0 unspecified atom stereocenters. The molecule has 0 saturated heterocycles. The van der Waals surface area contributed by atoms with Crippen molar-refractivity contribution in [2.24, 2.45) is 0 Å². The summed E-state index contributed by atoms with van der Waals surface area (Å²) in [5.74, 6) is -1.22. The third kappa shape index (κ3) is 2.80. The molecule has 24 heavy (non-hydrogen) atoms. The highest BCUT2D eigenvalue weighted by Gasteiger charge is 2.36. The molecular weight excluding hydrogens is 348 g/mol. The number of carbonyl (C=O) groups is 1. The predicted octanol–water partition coefficient (Wildman–Crippen LogP) is 4.21. The van der Waals surface area contributed by atoms with Crippen LogP contribution in [0, 0.1) is 5.82 Å². The molecular formula is C15H10F4N2O2S. The first-order chi connectivity index (χ1) is 11.3. The van der Waals surface area contributed by atoms with Gasteiger partial charge in [0.05, 0.1) is 6.20 Å². The van der Waals surface area contributed by atoms with Crippen molar-refractivity contribution < 1.29 is 27.1 Å². The summed E-state index contributed by atoms with van der Waals surface area (Å²) in [5, 5.41) is 1.42. The number of aromatic nitrogens is 2. The second-order valence-corrected chi connectivity index (χ2v) is 5.84. The first-order valence-electron chi connectivity index (χ1n) is 6.66. The Morgan fingerprint density at radius 1 is 1.38 bits per heavy atom. The highest BCUT2D eigenvalue weighted by Crippen LogP contribution is 2.43. The Morgan fingerprint density at radius 3 is 2.79 bits per heavy atom. The van der Waals surface area contributed by atoms with Gasteiger partial charge in [-0.2, -0.15) is 13.2 Å². The third-order valence-corrected chi connectivity index (χ3v) is 4.32. The van der Waals surface area contributed by atoms with Crippen molar-refractivity contribution in [1.82, 2.24) is 9.55 Å². The molecule has 0 aliphatic carbocycles. The van der Waals surface area contributed by atoms with Crippen LogP contribution in [0.15, 0.2) is 29.9 Å². The van der Waals surface area contributed by atoms with Crippen molar-refractivity contribution >= 4 is 28.3 Å². The molecule has 0 N–H and O–H groups in total. The number of halogens is 4. The van der Waals surface area contributed by atoms with Gasteiger partial charge in [0.2, 0.25) is 0 Å². The van der Waals surface area contributed by atoms with Crippen molar-refractivity contribution in [3.05, 3.63) is 40.6 Å². The van der Waals surface area contributed by atoms with Gasteiger partial charge in [-0.15, -0.1) is 11.3 Å². The molecule has 0 aliphatic heterocycles. The number of rotatable bonds is 3. The Balaban J connectivity index is 2.28. The quantitative estimate of drug-likeness (QED) is 0.659. The molecule has 3 aromatic heterocycles. The van der Waals surface area contributed by atoms with Crippen molar-refractivity contribution in [2.75, 3.05) is 13.7 Å². The molecule has 3 aromatic rings. The van der Waals surface area contributed by atoms with E-state index in [1.165, 1.54) is 24.8 Å². The van der Waals surface area contributed by atoms with Gasteiger partial charge >= 0.3 is 6.18 Å². The summed E-state index contributed by atoms with van der Waals surface area (Å²) < 4.78 is 58.9. The number of carbonyl (C=O) groups excluding carboxylic acids is 1. The highest BCUT2D eigenvalue weighted by atomic mass is 32.1. The fourth-order valence-corrected chi connectivity index (χ4v) is 3.20. The molecule has 3 heterocycles. The van der Waals surface area contributed by atoms with Crippen molar-refractivity contribution in [2.45, 2.75) is 6.18 Å². The number of methoxy groups -OCH3 is 1. The van der Waals surface area contributed by atoms with Gasteiger partial charge in [-0.25, -0.2) is 9.37 Å². The average molecular weight is 358 g/mol. The SMILES string of the molecule is COCC(=O)n1cc(-c2ccsc2C(F)(F)F)c2cc(F)cnc21. The van der Waals surface area contributed by atoms with Gasteiger partial charge in [-0.3, -0.25) is 9.36 Å². The molecule has 0 amide bonds. The van der Waals surface area contributed by atoms with Gasteiger partial charge < -0.3 is 4.74 Å². The van der Waals surface area contributed by atoms with Gasteiger partial charge in [0.25, 0.3) is 5.91 Å². The molecule has 0 fully saturated rings. The summed E-state index contributed by atoms with van der Waals surface area (Å²) in [7, 11) is 1.32.